The van der Waals surface area contributed by atoms with Crippen LogP contribution in [0, 0.1) is 5.92 Å². The van der Waals surface area contributed by atoms with Gasteiger partial charge in [0.25, 0.3) is 11.8 Å². The van der Waals surface area contributed by atoms with Gasteiger partial charge in [-0.15, -0.1) is 11.8 Å². The Hall–Kier alpha value is -5.95. The van der Waals surface area contributed by atoms with E-state index >= 15 is 0 Å². The molecule has 74 heavy (non-hydrogen) atoms. The molecular weight excluding hydrogens is 987 g/mol. The van der Waals surface area contributed by atoms with Crippen LogP contribution in [0.3, 0.4) is 0 Å². The minimum atomic E-state index is -0.943. The first-order valence-electron chi connectivity index (χ1n) is 25.2. The number of benzene rings is 1. The molecule has 2 aliphatic heterocycles. The number of hydrogen-bond donors (Lipinski definition) is 5. The summed E-state index contributed by atoms with van der Waals surface area (Å²) in [4.78, 5) is 126. The summed E-state index contributed by atoms with van der Waals surface area (Å²) >= 11 is 1.16. The molecule has 0 aliphatic carbocycles. The predicted octanol–water partition coefficient (Wildman–Crippen LogP) is 1.39. The molecule has 1 aromatic rings. The fourth-order valence-electron chi connectivity index (χ4n) is 7.30. The van der Waals surface area contributed by atoms with Gasteiger partial charge in [0.2, 0.25) is 35.4 Å². The molecule has 0 aromatic heterocycles. The lowest BCUT2D eigenvalue weighted by atomic mass is 9.99. The zero-order valence-electron chi connectivity index (χ0n) is 43.1. The number of carbonyl (C=O) groups is 10. The molecule has 2 aliphatic rings. The van der Waals surface area contributed by atoms with Gasteiger partial charge < -0.3 is 55.4 Å². The van der Waals surface area contributed by atoms with Crippen LogP contribution >= 0.6 is 11.8 Å². The highest BCUT2D eigenvalue weighted by Crippen LogP contribution is 2.32. The van der Waals surface area contributed by atoms with E-state index in [9.17, 15) is 47.9 Å². The number of hydrogen-bond acceptors (Lipinski definition) is 18. The van der Waals surface area contributed by atoms with E-state index in [-0.39, 0.29) is 92.6 Å². The van der Waals surface area contributed by atoms with Gasteiger partial charge in [-0.25, -0.2) is 4.79 Å². The van der Waals surface area contributed by atoms with Crippen molar-refractivity contribution in [3.8, 4) is 11.5 Å². The second-order valence-electron chi connectivity index (χ2n) is 17.4. The molecule has 0 saturated carbocycles. The smallest absolute Gasteiger partial charge is 0.334 e. The Labute approximate surface area is 436 Å². The standard InChI is InChI=1S/C50H75N7O16S/c1-5-34(2)48(55-44(62)11-7-6-8-19-51)50(67)73-37-13-12-36(31-38(37)68-4)39(72-35(3)58)33-54-43(61)18-30-74-40-32-47(65)57(49(40)66)23-17-42(60)53-21-10-25-70-27-29-71-28-26-69-24-9-20-52-41(59)16-22-56-45(63)14-15-46(56)64/h12-15,31,34,39-40,48H,5-11,16-30,32-33,51H2,1-4H3,(H,52,59)(H,53,60)(H,54,61)(H,55,62)/t34-,39?,40?,48-/m0/s1. The molecule has 1 saturated heterocycles. The fourth-order valence-corrected chi connectivity index (χ4v) is 8.42. The summed E-state index contributed by atoms with van der Waals surface area (Å²) in [5.41, 5.74) is 5.98. The minimum absolute atomic E-state index is 0.00731. The van der Waals surface area contributed by atoms with Gasteiger partial charge in [0.15, 0.2) is 11.5 Å². The number of ether oxygens (including phenoxy) is 6. The van der Waals surface area contributed by atoms with Crippen LogP contribution in [0.25, 0.3) is 0 Å². The van der Waals surface area contributed by atoms with Crippen LogP contribution in [0.2, 0.25) is 0 Å². The Balaban J connectivity index is 1.26. The molecule has 0 bridgehead atoms. The van der Waals surface area contributed by atoms with E-state index in [1.54, 1.807) is 6.07 Å². The van der Waals surface area contributed by atoms with Crippen LogP contribution in [-0.2, 0) is 66.9 Å². The molecule has 24 heteroatoms. The second kappa shape index (κ2) is 35.3. The van der Waals surface area contributed by atoms with Crippen molar-refractivity contribution in [1.82, 2.24) is 31.1 Å². The third-order valence-electron chi connectivity index (χ3n) is 11.6. The predicted molar refractivity (Wildman–Crippen MR) is 270 cm³/mol. The van der Waals surface area contributed by atoms with E-state index in [2.05, 4.69) is 21.3 Å². The molecule has 3 rings (SSSR count). The number of rotatable bonds is 39. The maximum absolute atomic E-state index is 13.4. The first-order valence-corrected chi connectivity index (χ1v) is 26.2. The van der Waals surface area contributed by atoms with E-state index in [0.717, 1.165) is 34.4 Å². The van der Waals surface area contributed by atoms with Gasteiger partial charge in [0.1, 0.15) is 12.1 Å². The first kappa shape index (κ1) is 62.3. The van der Waals surface area contributed by atoms with Gasteiger partial charge in [0, 0.05) is 96.3 Å². The Morgan fingerprint density at radius 3 is 1.91 bits per heavy atom. The molecule has 23 nitrogen and oxygen atoms in total. The van der Waals surface area contributed by atoms with Crippen molar-refractivity contribution in [2.24, 2.45) is 11.7 Å². The molecule has 6 N–H and O–H groups in total. The highest BCUT2D eigenvalue weighted by Gasteiger charge is 2.39. The number of thioether (sulfide) groups is 1. The van der Waals surface area contributed by atoms with Crippen molar-refractivity contribution in [3.63, 3.8) is 0 Å². The quantitative estimate of drug-likeness (QED) is 0.0269. The Bertz CT molecular complexity index is 2060. The van der Waals surface area contributed by atoms with E-state index in [0.29, 0.717) is 90.5 Å². The van der Waals surface area contributed by atoms with Gasteiger partial charge >= 0.3 is 11.9 Å². The minimum Gasteiger partial charge on any atom is -0.493 e. The zero-order valence-corrected chi connectivity index (χ0v) is 43.9. The van der Waals surface area contributed by atoms with E-state index in [1.165, 1.54) is 38.3 Å². The number of carbonyl (C=O) groups excluding carboxylic acids is 10. The number of nitrogens with one attached hydrogen (secondary N) is 4. The average Bonchev–Trinajstić information content (AvgIpc) is 3.84. The SMILES string of the molecule is CC[C@H](C)[C@H](NC(=O)CCCCCN)C(=O)Oc1ccc(C(CNC(=O)CCSC2CC(=O)N(CCC(=O)NCCCOCCOCCOCCCNC(=O)CCN3C(=O)C=CC3=O)C2=O)OC(C)=O)cc1OC. The highest BCUT2D eigenvalue weighted by molar-refractivity contribution is 8.00. The number of unbranched alkanes of at least 4 members (excludes halogenated alkanes) is 2. The number of methoxy groups -OCH3 is 1. The normalized spacial score (nSPS) is 15.4. The van der Waals surface area contributed by atoms with Gasteiger partial charge in [-0.1, -0.05) is 32.8 Å². The van der Waals surface area contributed by atoms with Crippen molar-refractivity contribution in [1.29, 1.82) is 0 Å². The monoisotopic (exact) mass is 1060 g/mol. The maximum atomic E-state index is 13.4. The largest absolute Gasteiger partial charge is 0.493 e. The average molecular weight is 1060 g/mol. The van der Waals surface area contributed by atoms with Crippen molar-refractivity contribution in [2.45, 2.75) is 109 Å². The van der Waals surface area contributed by atoms with Crippen LogP contribution < -0.4 is 36.5 Å². The van der Waals surface area contributed by atoms with E-state index < -0.39 is 58.9 Å². The molecule has 0 radical (unpaired) electrons. The molecule has 8 amide bonds. The second-order valence-corrected chi connectivity index (χ2v) is 18.7. The van der Waals surface area contributed by atoms with Crippen LogP contribution in [0.15, 0.2) is 30.4 Å². The van der Waals surface area contributed by atoms with Crippen molar-refractivity contribution in [2.75, 3.05) is 91.8 Å². The van der Waals surface area contributed by atoms with Gasteiger partial charge in [0.05, 0.1) is 45.3 Å². The van der Waals surface area contributed by atoms with Crippen molar-refractivity contribution in [3.05, 3.63) is 35.9 Å². The number of nitrogens with zero attached hydrogens (tertiary/aromatic N) is 2. The Morgan fingerprint density at radius 2 is 1.32 bits per heavy atom. The van der Waals surface area contributed by atoms with E-state index in [4.69, 9.17) is 34.2 Å². The number of esters is 2. The molecule has 2 heterocycles. The van der Waals surface area contributed by atoms with E-state index in [1.807, 2.05) is 13.8 Å². The number of imide groups is 2. The van der Waals surface area contributed by atoms with Crippen LogP contribution in [0.5, 0.6) is 11.5 Å². The summed E-state index contributed by atoms with van der Waals surface area (Å²) in [6.45, 7) is 8.32. The highest BCUT2D eigenvalue weighted by atomic mass is 32.2. The van der Waals surface area contributed by atoms with Crippen molar-refractivity contribution >= 4 is 71.0 Å². The number of likely N-dealkylation sites (tertiary alicyclic amines) is 1. The fraction of sp³-hybridized carbons (Fsp3) is 0.640. The summed E-state index contributed by atoms with van der Waals surface area (Å²) < 4.78 is 33.2. The summed E-state index contributed by atoms with van der Waals surface area (Å²) in [6.07, 6.45) is 5.55. The molecule has 1 aromatic carbocycles. The summed E-state index contributed by atoms with van der Waals surface area (Å²) in [7, 11) is 1.38. The third-order valence-corrected chi connectivity index (χ3v) is 12.9. The Kier molecular flexibility index (Phi) is 29.7. The summed E-state index contributed by atoms with van der Waals surface area (Å²) in [5, 5.41) is 10.3. The van der Waals surface area contributed by atoms with Gasteiger partial charge in [-0.2, -0.15) is 0 Å². The molecule has 412 valence electrons. The summed E-state index contributed by atoms with van der Waals surface area (Å²) in [6, 6.07) is 3.66. The van der Waals surface area contributed by atoms with Crippen molar-refractivity contribution < 1.29 is 76.4 Å². The van der Waals surface area contributed by atoms with Crippen LogP contribution in [-0.4, -0.2) is 172 Å². The lowest BCUT2D eigenvalue weighted by Gasteiger charge is -2.23. The van der Waals surface area contributed by atoms with Gasteiger partial charge in [-0.05, 0) is 55.8 Å². The molecule has 1 fully saturated rings. The zero-order chi connectivity index (χ0) is 54.3. The first-order chi connectivity index (χ1) is 35.6. The lowest BCUT2D eigenvalue weighted by molar-refractivity contribution is -0.147. The lowest BCUT2D eigenvalue weighted by Crippen LogP contribution is -2.47. The van der Waals surface area contributed by atoms with Crippen LogP contribution in [0.4, 0.5) is 0 Å². The maximum Gasteiger partial charge on any atom is 0.334 e. The molecule has 0 spiro atoms. The molecule has 4 atom stereocenters. The number of nitrogens with two attached hydrogens (primary N) is 1. The molecule has 2 unspecified atom stereocenters. The third kappa shape index (κ3) is 23.5. The van der Waals surface area contributed by atoms with Crippen LogP contribution in [0.1, 0.15) is 103 Å². The summed E-state index contributed by atoms with van der Waals surface area (Å²) in [5.74, 6) is -3.95. The Morgan fingerprint density at radius 1 is 0.730 bits per heavy atom. The topological polar surface area (TPSA) is 307 Å². The molecular formula is C50H75N7O16S. The number of amides is 8. The van der Waals surface area contributed by atoms with Gasteiger partial charge in [-0.3, -0.25) is 53.0 Å².